The zero-order chi connectivity index (χ0) is 17.4. The van der Waals surface area contributed by atoms with Crippen LogP contribution in [0.5, 0.6) is 0 Å². The molecule has 126 valence electrons. The van der Waals surface area contributed by atoms with Crippen LogP contribution in [0.25, 0.3) is 0 Å². The van der Waals surface area contributed by atoms with Crippen molar-refractivity contribution in [3.63, 3.8) is 0 Å². The van der Waals surface area contributed by atoms with E-state index >= 15 is 0 Å². The maximum absolute atomic E-state index is 11.8. The summed E-state index contributed by atoms with van der Waals surface area (Å²) >= 11 is 6.65. The van der Waals surface area contributed by atoms with Crippen LogP contribution in [0.15, 0.2) is 59.5 Å². The van der Waals surface area contributed by atoms with E-state index in [0.29, 0.717) is 16.8 Å². The zero-order valence-electron chi connectivity index (χ0n) is 13.7. The standard InChI is InChI=1S/C18H21N3OS2/c1-13(2)14-8-10-15(11-9-14)19-18(23)21-20-17(22)12-24-16-6-4-3-5-7-16/h3-11,13H,12H2,1-2H3,(H,20,22)(H2,19,21,23). The molecule has 0 aliphatic rings. The second-order valence-electron chi connectivity index (χ2n) is 5.51. The van der Waals surface area contributed by atoms with Gasteiger partial charge in [0.05, 0.1) is 5.75 Å². The van der Waals surface area contributed by atoms with Gasteiger partial charge in [-0.1, -0.05) is 44.2 Å². The highest BCUT2D eigenvalue weighted by atomic mass is 32.2. The van der Waals surface area contributed by atoms with Crippen LogP contribution in [0.1, 0.15) is 25.3 Å². The summed E-state index contributed by atoms with van der Waals surface area (Å²) in [5.74, 6) is 0.677. The van der Waals surface area contributed by atoms with Gasteiger partial charge in [0.25, 0.3) is 0 Å². The van der Waals surface area contributed by atoms with E-state index in [1.807, 2.05) is 42.5 Å². The van der Waals surface area contributed by atoms with Gasteiger partial charge in [-0.15, -0.1) is 11.8 Å². The van der Waals surface area contributed by atoms with E-state index in [1.165, 1.54) is 17.3 Å². The number of hydrogen-bond acceptors (Lipinski definition) is 3. The van der Waals surface area contributed by atoms with Crippen LogP contribution in [0, 0.1) is 0 Å². The number of benzene rings is 2. The largest absolute Gasteiger partial charge is 0.331 e. The molecule has 1 amide bonds. The van der Waals surface area contributed by atoms with E-state index in [4.69, 9.17) is 12.2 Å². The summed E-state index contributed by atoms with van der Waals surface area (Å²) in [6, 6.07) is 17.8. The molecule has 0 fully saturated rings. The predicted molar refractivity (Wildman–Crippen MR) is 105 cm³/mol. The number of nitrogens with one attached hydrogen (secondary N) is 3. The fourth-order valence-electron chi connectivity index (χ4n) is 1.94. The summed E-state index contributed by atoms with van der Waals surface area (Å²) < 4.78 is 0. The Morgan fingerprint density at radius 3 is 2.33 bits per heavy atom. The number of rotatable bonds is 5. The lowest BCUT2D eigenvalue weighted by Crippen LogP contribution is -2.44. The Balaban J connectivity index is 1.71. The zero-order valence-corrected chi connectivity index (χ0v) is 15.3. The summed E-state index contributed by atoms with van der Waals surface area (Å²) in [7, 11) is 0. The fourth-order valence-corrected chi connectivity index (χ4v) is 2.83. The van der Waals surface area contributed by atoms with Gasteiger partial charge in [0.15, 0.2) is 5.11 Å². The summed E-state index contributed by atoms with van der Waals surface area (Å²) in [6.45, 7) is 4.30. The van der Waals surface area contributed by atoms with E-state index in [-0.39, 0.29) is 5.91 Å². The SMILES string of the molecule is CC(C)c1ccc(NC(=S)NNC(=O)CSc2ccccc2)cc1. The minimum atomic E-state index is -0.136. The first-order valence-electron chi connectivity index (χ1n) is 7.68. The van der Waals surface area contributed by atoms with Crippen molar-refractivity contribution >= 4 is 40.7 Å². The Morgan fingerprint density at radius 1 is 1.04 bits per heavy atom. The first kappa shape index (κ1) is 18.3. The van der Waals surface area contributed by atoms with Crippen molar-refractivity contribution in [2.75, 3.05) is 11.1 Å². The topological polar surface area (TPSA) is 53.2 Å². The molecule has 0 saturated carbocycles. The molecule has 0 unspecified atom stereocenters. The third-order valence-corrected chi connectivity index (χ3v) is 4.48. The third-order valence-electron chi connectivity index (χ3n) is 3.26. The van der Waals surface area contributed by atoms with E-state index in [9.17, 15) is 4.79 Å². The summed E-state index contributed by atoms with van der Waals surface area (Å²) in [4.78, 5) is 12.9. The predicted octanol–water partition coefficient (Wildman–Crippen LogP) is 3.92. The van der Waals surface area contributed by atoms with Gasteiger partial charge in [-0.05, 0) is 48.0 Å². The number of amides is 1. The summed E-state index contributed by atoms with van der Waals surface area (Å²) in [5, 5.41) is 3.39. The van der Waals surface area contributed by atoms with Gasteiger partial charge in [0.2, 0.25) is 5.91 Å². The Kier molecular flexibility index (Phi) is 7.08. The van der Waals surface area contributed by atoms with Gasteiger partial charge >= 0.3 is 0 Å². The molecule has 4 nitrogen and oxygen atoms in total. The molecule has 0 heterocycles. The Labute approximate surface area is 152 Å². The molecule has 24 heavy (non-hydrogen) atoms. The van der Waals surface area contributed by atoms with Crippen LogP contribution in [-0.4, -0.2) is 16.8 Å². The molecule has 0 aliphatic carbocycles. The van der Waals surface area contributed by atoms with Crippen LogP contribution < -0.4 is 16.2 Å². The summed E-state index contributed by atoms with van der Waals surface area (Å²) in [5.41, 5.74) is 7.45. The molecule has 0 bridgehead atoms. The molecule has 0 saturated heterocycles. The lowest BCUT2D eigenvalue weighted by molar-refractivity contribution is -0.119. The minimum absolute atomic E-state index is 0.136. The molecule has 2 aromatic carbocycles. The highest BCUT2D eigenvalue weighted by Crippen LogP contribution is 2.17. The Morgan fingerprint density at radius 2 is 1.71 bits per heavy atom. The Hall–Kier alpha value is -2.05. The van der Waals surface area contributed by atoms with Crippen LogP contribution in [0.2, 0.25) is 0 Å². The van der Waals surface area contributed by atoms with E-state index in [2.05, 4.69) is 42.1 Å². The van der Waals surface area contributed by atoms with Gasteiger partial charge in [-0.2, -0.15) is 0 Å². The van der Waals surface area contributed by atoms with Crippen LogP contribution in [-0.2, 0) is 4.79 Å². The monoisotopic (exact) mass is 359 g/mol. The number of carbonyl (C=O) groups excluding carboxylic acids is 1. The van der Waals surface area contributed by atoms with Crippen molar-refractivity contribution < 1.29 is 4.79 Å². The number of thiocarbonyl (C=S) groups is 1. The van der Waals surface area contributed by atoms with Crippen molar-refractivity contribution in [1.29, 1.82) is 0 Å². The van der Waals surface area contributed by atoms with Crippen molar-refractivity contribution in [2.45, 2.75) is 24.7 Å². The summed E-state index contributed by atoms with van der Waals surface area (Å²) in [6.07, 6.45) is 0. The first-order chi connectivity index (χ1) is 11.5. The molecular formula is C18H21N3OS2. The highest BCUT2D eigenvalue weighted by Gasteiger charge is 2.04. The normalized spacial score (nSPS) is 10.3. The van der Waals surface area contributed by atoms with E-state index in [0.717, 1.165) is 10.6 Å². The van der Waals surface area contributed by atoms with Crippen molar-refractivity contribution in [1.82, 2.24) is 10.9 Å². The second-order valence-corrected chi connectivity index (χ2v) is 6.96. The lowest BCUT2D eigenvalue weighted by atomic mass is 10.0. The molecule has 0 radical (unpaired) electrons. The van der Waals surface area contributed by atoms with Crippen LogP contribution in [0.3, 0.4) is 0 Å². The molecule has 0 aromatic heterocycles. The van der Waals surface area contributed by atoms with Gasteiger partial charge in [-0.25, -0.2) is 0 Å². The minimum Gasteiger partial charge on any atom is -0.331 e. The van der Waals surface area contributed by atoms with Gasteiger partial charge < -0.3 is 5.32 Å². The quantitative estimate of drug-likeness (QED) is 0.429. The van der Waals surface area contributed by atoms with Gasteiger partial charge in [0.1, 0.15) is 0 Å². The molecule has 0 atom stereocenters. The first-order valence-corrected chi connectivity index (χ1v) is 9.07. The van der Waals surface area contributed by atoms with E-state index < -0.39 is 0 Å². The smallest absolute Gasteiger partial charge is 0.248 e. The highest BCUT2D eigenvalue weighted by molar-refractivity contribution is 8.00. The van der Waals surface area contributed by atoms with Crippen molar-refractivity contribution in [3.05, 3.63) is 60.2 Å². The second kappa shape index (κ2) is 9.30. The average Bonchev–Trinajstić information content (AvgIpc) is 2.59. The number of hydrazine groups is 1. The van der Waals surface area contributed by atoms with Crippen LogP contribution in [0.4, 0.5) is 5.69 Å². The molecule has 2 rings (SSSR count). The maximum Gasteiger partial charge on any atom is 0.248 e. The van der Waals surface area contributed by atoms with Crippen molar-refractivity contribution in [2.24, 2.45) is 0 Å². The molecule has 6 heteroatoms. The maximum atomic E-state index is 11.8. The molecule has 0 spiro atoms. The van der Waals surface area contributed by atoms with Crippen LogP contribution >= 0.6 is 24.0 Å². The average molecular weight is 360 g/mol. The third kappa shape index (κ3) is 6.22. The molecule has 2 aromatic rings. The number of hydrogen-bond donors (Lipinski definition) is 3. The Bertz CT molecular complexity index is 672. The van der Waals surface area contributed by atoms with E-state index in [1.54, 1.807) is 0 Å². The molecule has 3 N–H and O–H groups in total. The van der Waals surface area contributed by atoms with Gasteiger partial charge in [-0.3, -0.25) is 15.6 Å². The number of anilines is 1. The lowest BCUT2D eigenvalue weighted by Gasteiger charge is -2.12. The molecule has 0 aliphatic heterocycles. The van der Waals surface area contributed by atoms with Crippen molar-refractivity contribution in [3.8, 4) is 0 Å². The van der Waals surface area contributed by atoms with Gasteiger partial charge in [0, 0.05) is 10.6 Å². The number of carbonyl (C=O) groups is 1. The number of thioether (sulfide) groups is 1. The molecular weight excluding hydrogens is 338 g/mol. The fraction of sp³-hybridized carbons (Fsp3) is 0.222.